The van der Waals surface area contributed by atoms with Crippen molar-refractivity contribution < 1.29 is 13.2 Å². The summed E-state index contributed by atoms with van der Waals surface area (Å²) in [6, 6.07) is -0.0338. The third kappa shape index (κ3) is 3.23. The molecule has 0 saturated carbocycles. The minimum Gasteiger partial charge on any atom is -0.320 e. The summed E-state index contributed by atoms with van der Waals surface area (Å²) in [4.78, 5) is 0. The second-order valence-electron chi connectivity index (χ2n) is 3.45. The van der Waals surface area contributed by atoms with Crippen LogP contribution >= 0.6 is 0 Å². The number of hydrogen-bond acceptors (Lipinski definition) is 2. The minimum atomic E-state index is -4.30. The average Bonchev–Trinajstić information content (AvgIpc) is 2.62. The summed E-state index contributed by atoms with van der Waals surface area (Å²) in [6.07, 6.45) is -1.66. The Morgan fingerprint density at radius 2 is 2.20 bits per heavy atom. The fourth-order valence-electron chi connectivity index (χ4n) is 1.21. The van der Waals surface area contributed by atoms with E-state index in [2.05, 4.69) is 10.4 Å². The van der Waals surface area contributed by atoms with E-state index in [-0.39, 0.29) is 6.04 Å². The van der Waals surface area contributed by atoms with Crippen LogP contribution in [0.1, 0.15) is 24.9 Å². The molecule has 1 aromatic heterocycles. The molecule has 1 aromatic rings. The van der Waals surface area contributed by atoms with Crippen LogP contribution in [0.25, 0.3) is 0 Å². The van der Waals surface area contributed by atoms with Gasteiger partial charge >= 0.3 is 6.18 Å². The third-order valence-corrected chi connectivity index (χ3v) is 2.19. The zero-order chi connectivity index (χ0) is 11.5. The summed E-state index contributed by atoms with van der Waals surface area (Å²) >= 11 is 0. The van der Waals surface area contributed by atoms with Gasteiger partial charge in [0.05, 0.1) is 17.8 Å². The number of halogens is 3. The van der Waals surface area contributed by atoms with Crippen LogP contribution in [0.15, 0.2) is 12.4 Å². The SMILES string of the molecule is CNCCC(C)n1cc(C(F)(F)F)cn1. The van der Waals surface area contributed by atoms with Gasteiger partial charge in [0.25, 0.3) is 0 Å². The van der Waals surface area contributed by atoms with Gasteiger partial charge in [0.15, 0.2) is 0 Å². The van der Waals surface area contributed by atoms with Crippen molar-refractivity contribution in [3.05, 3.63) is 18.0 Å². The molecule has 1 rings (SSSR count). The van der Waals surface area contributed by atoms with Gasteiger partial charge in [-0.1, -0.05) is 0 Å². The maximum atomic E-state index is 12.3. The fraction of sp³-hybridized carbons (Fsp3) is 0.667. The second kappa shape index (κ2) is 4.65. The van der Waals surface area contributed by atoms with E-state index in [1.54, 1.807) is 7.05 Å². The van der Waals surface area contributed by atoms with Gasteiger partial charge in [-0.3, -0.25) is 4.68 Å². The molecule has 6 heteroatoms. The fourth-order valence-corrected chi connectivity index (χ4v) is 1.21. The van der Waals surface area contributed by atoms with E-state index in [0.717, 1.165) is 25.4 Å². The highest BCUT2D eigenvalue weighted by molar-refractivity contribution is 5.08. The van der Waals surface area contributed by atoms with Crippen LogP contribution in [-0.2, 0) is 6.18 Å². The van der Waals surface area contributed by atoms with Gasteiger partial charge in [-0.15, -0.1) is 0 Å². The average molecular weight is 221 g/mol. The smallest absolute Gasteiger partial charge is 0.320 e. The van der Waals surface area contributed by atoms with Gasteiger partial charge in [0, 0.05) is 6.20 Å². The van der Waals surface area contributed by atoms with Crippen LogP contribution in [0.5, 0.6) is 0 Å². The van der Waals surface area contributed by atoms with Crippen molar-refractivity contribution in [1.82, 2.24) is 15.1 Å². The summed E-state index contributed by atoms with van der Waals surface area (Å²) in [7, 11) is 1.80. The Morgan fingerprint density at radius 3 is 2.67 bits per heavy atom. The molecule has 0 aliphatic carbocycles. The lowest BCUT2D eigenvalue weighted by Crippen LogP contribution is -2.15. The largest absolute Gasteiger partial charge is 0.419 e. The molecule has 1 unspecified atom stereocenters. The van der Waals surface area contributed by atoms with Crippen molar-refractivity contribution in [3.8, 4) is 0 Å². The first-order valence-electron chi connectivity index (χ1n) is 4.71. The van der Waals surface area contributed by atoms with E-state index in [4.69, 9.17) is 0 Å². The summed E-state index contributed by atoms with van der Waals surface area (Å²) in [6.45, 7) is 2.59. The van der Waals surface area contributed by atoms with Gasteiger partial charge in [-0.2, -0.15) is 18.3 Å². The number of nitrogens with one attached hydrogen (secondary N) is 1. The number of hydrogen-bond donors (Lipinski definition) is 1. The minimum absolute atomic E-state index is 0.0338. The highest BCUT2D eigenvalue weighted by Crippen LogP contribution is 2.29. The predicted molar refractivity (Wildman–Crippen MR) is 50.5 cm³/mol. The van der Waals surface area contributed by atoms with E-state index < -0.39 is 11.7 Å². The number of nitrogens with zero attached hydrogens (tertiary/aromatic N) is 2. The molecule has 1 N–H and O–H groups in total. The van der Waals surface area contributed by atoms with Gasteiger partial charge in [-0.25, -0.2) is 0 Å². The zero-order valence-electron chi connectivity index (χ0n) is 8.67. The van der Waals surface area contributed by atoms with Crippen molar-refractivity contribution in [2.75, 3.05) is 13.6 Å². The Labute approximate surface area is 86.3 Å². The molecular weight excluding hydrogens is 207 g/mol. The lowest BCUT2D eigenvalue weighted by atomic mass is 10.2. The summed E-state index contributed by atoms with van der Waals surface area (Å²) in [5, 5.41) is 6.65. The van der Waals surface area contributed by atoms with Crippen LogP contribution in [0.2, 0.25) is 0 Å². The molecule has 1 atom stereocenters. The topological polar surface area (TPSA) is 29.9 Å². The molecule has 0 radical (unpaired) electrons. The summed E-state index contributed by atoms with van der Waals surface area (Å²) in [5.74, 6) is 0. The van der Waals surface area contributed by atoms with Crippen LogP contribution in [-0.4, -0.2) is 23.4 Å². The molecular formula is C9H14F3N3. The van der Waals surface area contributed by atoms with Crippen molar-refractivity contribution in [1.29, 1.82) is 0 Å². The van der Waals surface area contributed by atoms with Crippen LogP contribution in [0.4, 0.5) is 13.2 Å². The Morgan fingerprint density at radius 1 is 1.53 bits per heavy atom. The Bertz CT molecular complexity index is 306. The maximum Gasteiger partial charge on any atom is 0.419 e. The molecule has 0 saturated heterocycles. The van der Waals surface area contributed by atoms with E-state index in [1.165, 1.54) is 4.68 Å². The summed E-state index contributed by atoms with van der Waals surface area (Å²) in [5.41, 5.74) is -0.696. The summed E-state index contributed by atoms with van der Waals surface area (Å²) < 4.78 is 38.1. The highest BCUT2D eigenvalue weighted by atomic mass is 19.4. The Hall–Kier alpha value is -1.04. The quantitative estimate of drug-likeness (QED) is 0.843. The van der Waals surface area contributed by atoms with E-state index in [1.807, 2.05) is 6.92 Å². The first kappa shape index (κ1) is 12.0. The molecule has 0 aliphatic rings. The molecule has 0 fully saturated rings. The van der Waals surface area contributed by atoms with Crippen LogP contribution < -0.4 is 5.32 Å². The second-order valence-corrected chi connectivity index (χ2v) is 3.45. The molecule has 0 amide bonds. The lowest BCUT2D eigenvalue weighted by Gasteiger charge is -2.11. The third-order valence-electron chi connectivity index (χ3n) is 2.19. The number of rotatable bonds is 4. The van der Waals surface area contributed by atoms with E-state index >= 15 is 0 Å². The molecule has 1 heterocycles. The van der Waals surface area contributed by atoms with Gasteiger partial charge < -0.3 is 5.32 Å². The zero-order valence-corrected chi connectivity index (χ0v) is 8.67. The highest BCUT2D eigenvalue weighted by Gasteiger charge is 2.32. The normalized spacial score (nSPS) is 14.2. The van der Waals surface area contributed by atoms with Crippen molar-refractivity contribution >= 4 is 0 Å². The van der Waals surface area contributed by atoms with Crippen molar-refractivity contribution in [2.45, 2.75) is 25.6 Å². The monoisotopic (exact) mass is 221 g/mol. The van der Waals surface area contributed by atoms with Crippen molar-refractivity contribution in [2.24, 2.45) is 0 Å². The first-order valence-corrected chi connectivity index (χ1v) is 4.71. The molecule has 0 bridgehead atoms. The van der Waals surface area contributed by atoms with Crippen molar-refractivity contribution in [3.63, 3.8) is 0 Å². The Balaban J connectivity index is 2.67. The van der Waals surface area contributed by atoms with Gasteiger partial charge in [-0.05, 0) is 26.9 Å². The molecule has 0 spiro atoms. The molecule has 0 aromatic carbocycles. The van der Waals surface area contributed by atoms with Crippen LogP contribution in [0, 0.1) is 0 Å². The van der Waals surface area contributed by atoms with Crippen LogP contribution in [0.3, 0.4) is 0 Å². The molecule has 3 nitrogen and oxygen atoms in total. The molecule has 0 aliphatic heterocycles. The van der Waals surface area contributed by atoms with E-state index in [9.17, 15) is 13.2 Å². The predicted octanol–water partition coefficient (Wildman–Crippen LogP) is 2.07. The van der Waals surface area contributed by atoms with E-state index in [0.29, 0.717) is 0 Å². The molecule has 15 heavy (non-hydrogen) atoms. The van der Waals surface area contributed by atoms with Gasteiger partial charge in [0.2, 0.25) is 0 Å². The number of aromatic nitrogens is 2. The lowest BCUT2D eigenvalue weighted by molar-refractivity contribution is -0.137. The standard InChI is InChI=1S/C9H14F3N3/c1-7(3-4-13-2)15-6-8(5-14-15)9(10,11)12/h5-7,13H,3-4H2,1-2H3. The van der Waals surface area contributed by atoms with Gasteiger partial charge in [0.1, 0.15) is 0 Å². The number of alkyl halides is 3. The Kier molecular flexibility index (Phi) is 3.73. The molecule has 86 valence electrons. The first-order chi connectivity index (χ1) is 6.95. The maximum absolute atomic E-state index is 12.3.